The Bertz CT molecular complexity index is 405. The van der Waals surface area contributed by atoms with E-state index in [9.17, 15) is 5.11 Å². The Hall–Kier alpha value is -0.380. The summed E-state index contributed by atoms with van der Waals surface area (Å²) in [6.07, 6.45) is 7.69. The standard InChI is InChI=1S/C17H27NOS/c1-14-4-7-17(13-19,8-5-14)12-18(16-2-3-16)10-15-6-9-20-11-15/h6,9,11,14,16,19H,2-5,7-8,10,12-13H2,1H3. The molecule has 1 aromatic heterocycles. The second-order valence-corrected chi connectivity index (χ2v) is 7.89. The third kappa shape index (κ3) is 3.44. The monoisotopic (exact) mass is 293 g/mol. The van der Waals surface area contributed by atoms with Gasteiger partial charge in [0.2, 0.25) is 0 Å². The molecule has 0 saturated heterocycles. The molecule has 0 amide bonds. The first-order chi connectivity index (χ1) is 9.71. The molecule has 2 saturated carbocycles. The first-order valence-corrected chi connectivity index (χ1v) is 9.01. The summed E-state index contributed by atoms with van der Waals surface area (Å²) in [4.78, 5) is 2.65. The molecule has 2 nitrogen and oxygen atoms in total. The normalized spacial score (nSPS) is 30.9. The quantitative estimate of drug-likeness (QED) is 0.860. The number of hydrogen-bond acceptors (Lipinski definition) is 3. The number of nitrogens with zero attached hydrogens (tertiary/aromatic N) is 1. The summed E-state index contributed by atoms with van der Waals surface area (Å²) in [5.74, 6) is 0.848. The summed E-state index contributed by atoms with van der Waals surface area (Å²) in [6.45, 7) is 4.89. The Kier molecular flexibility index (Phi) is 4.49. The summed E-state index contributed by atoms with van der Waals surface area (Å²) in [6, 6.07) is 3.02. The van der Waals surface area contributed by atoms with E-state index in [0.717, 1.165) is 25.0 Å². The van der Waals surface area contributed by atoms with Crippen LogP contribution in [0.4, 0.5) is 0 Å². The minimum Gasteiger partial charge on any atom is -0.396 e. The van der Waals surface area contributed by atoms with Crippen LogP contribution in [0.2, 0.25) is 0 Å². The molecule has 3 rings (SSSR count). The molecule has 1 aromatic rings. The van der Waals surface area contributed by atoms with Gasteiger partial charge in [-0.3, -0.25) is 4.90 Å². The van der Waals surface area contributed by atoms with Crippen molar-refractivity contribution in [3.05, 3.63) is 22.4 Å². The number of hydrogen-bond donors (Lipinski definition) is 1. The van der Waals surface area contributed by atoms with Crippen LogP contribution in [0.25, 0.3) is 0 Å². The molecule has 2 fully saturated rings. The van der Waals surface area contributed by atoms with Gasteiger partial charge < -0.3 is 5.11 Å². The van der Waals surface area contributed by atoms with E-state index in [-0.39, 0.29) is 5.41 Å². The Labute approximate surface area is 126 Å². The van der Waals surface area contributed by atoms with Crippen LogP contribution in [0.15, 0.2) is 16.8 Å². The summed E-state index contributed by atoms with van der Waals surface area (Å²) < 4.78 is 0. The number of rotatable bonds is 6. The van der Waals surface area contributed by atoms with Crippen molar-refractivity contribution in [1.82, 2.24) is 4.90 Å². The van der Waals surface area contributed by atoms with Crippen LogP contribution in [-0.4, -0.2) is 29.2 Å². The van der Waals surface area contributed by atoms with Gasteiger partial charge in [-0.1, -0.05) is 19.8 Å². The molecule has 0 bridgehead atoms. The van der Waals surface area contributed by atoms with Crippen LogP contribution in [0.1, 0.15) is 51.0 Å². The lowest BCUT2D eigenvalue weighted by atomic mass is 9.71. The zero-order valence-electron chi connectivity index (χ0n) is 12.6. The zero-order valence-corrected chi connectivity index (χ0v) is 13.4. The van der Waals surface area contributed by atoms with Gasteiger partial charge in [0.25, 0.3) is 0 Å². The fourth-order valence-electron chi connectivity index (χ4n) is 3.54. The zero-order chi connectivity index (χ0) is 14.0. The van der Waals surface area contributed by atoms with Crippen LogP contribution in [-0.2, 0) is 6.54 Å². The maximum absolute atomic E-state index is 9.98. The minimum atomic E-state index is 0.172. The predicted molar refractivity (Wildman–Crippen MR) is 84.9 cm³/mol. The fraction of sp³-hybridized carbons (Fsp3) is 0.765. The van der Waals surface area contributed by atoms with Crippen LogP contribution >= 0.6 is 11.3 Å². The first kappa shape index (κ1) is 14.6. The molecule has 3 heteroatoms. The Balaban J connectivity index is 1.65. The van der Waals surface area contributed by atoms with Gasteiger partial charge >= 0.3 is 0 Å². The van der Waals surface area contributed by atoms with Crippen LogP contribution in [0.5, 0.6) is 0 Å². The van der Waals surface area contributed by atoms with Gasteiger partial charge in [0.1, 0.15) is 0 Å². The topological polar surface area (TPSA) is 23.5 Å². The third-order valence-electron chi connectivity index (χ3n) is 5.24. The highest BCUT2D eigenvalue weighted by atomic mass is 32.1. The summed E-state index contributed by atoms with van der Waals surface area (Å²) >= 11 is 1.79. The summed E-state index contributed by atoms with van der Waals surface area (Å²) in [5, 5.41) is 14.4. The molecule has 112 valence electrons. The Morgan fingerprint density at radius 3 is 2.60 bits per heavy atom. The van der Waals surface area contributed by atoms with E-state index in [1.165, 1.54) is 44.1 Å². The largest absolute Gasteiger partial charge is 0.396 e. The van der Waals surface area contributed by atoms with Crippen molar-refractivity contribution in [1.29, 1.82) is 0 Å². The highest BCUT2D eigenvalue weighted by Gasteiger charge is 2.39. The van der Waals surface area contributed by atoms with Crippen molar-refractivity contribution < 1.29 is 5.11 Å². The van der Waals surface area contributed by atoms with Crippen LogP contribution in [0.3, 0.4) is 0 Å². The van der Waals surface area contributed by atoms with Gasteiger partial charge in [-0.05, 0) is 54.0 Å². The highest BCUT2D eigenvalue weighted by Crippen LogP contribution is 2.41. The molecular weight excluding hydrogens is 266 g/mol. The van der Waals surface area contributed by atoms with Gasteiger partial charge in [-0.2, -0.15) is 11.3 Å². The molecule has 0 unspecified atom stereocenters. The van der Waals surface area contributed by atoms with E-state index >= 15 is 0 Å². The molecule has 0 spiro atoms. The van der Waals surface area contributed by atoms with Gasteiger partial charge in [0.05, 0.1) is 0 Å². The van der Waals surface area contributed by atoms with Crippen molar-refractivity contribution >= 4 is 11.3 Å². The molecule has 0 aromatic carbocycles. The van der Waals surface area contributed by atoms with Crippen molar-refractivity contribution in [3.8, 4) is 0 Å². The van der Waals surface area contributed by atoms with Crippen LogP contribution < -0.4 is 0 Å². The second kappa shape index (κ2) is 6.17. The SMILES string of the molecule is CC1CCC(CO)(CN(Cc2ccsc2)C2CC2)CC1. The first-order valence-electron chi connectivity index (χ1n) is 8.07. The molecule has 0 atom stereocenters. The van der Waals surface area contributed by atoms with E-state index < -0.39 is 0 Å². The van der Waals surface area contributed by atoms with Crippen molar-refractivity contribution in [2.24, 2.45) is 11.3 Å². The molecule has 0 aliphatic heterocycles. The predicted octanol–water partition coefficient (Wildman–Crippen LogP) is 3.90. The number of thiophene rings is 1. The van der Waals surface area contributed by atoms with Gasteiger partial charge in [-0.25, -0.2) is 0 Å². The molecular formula is C17H27NOS. The Morgan fingerprint density at radius 1 is 1.30 bits per heavy atom. The fourth-order valence-corrected chi connectivity index (χ4v) is 4.20. The average Bonchev–Trinajstić information content (AvgIpc) is 3.19. The molecule has 2 aliphatic carbocycles. The van der Waals surface area contributed by atoms with E-state index in [4.69, 9.17) is 0 Å². The van der Waals surface area contributed by atoms with E-state index in [0.29, 0.717) is 6.61 Å². The van der Waals surface area contributed by atoms with E-state index in [1.54, 1.807) is 11.3 Å². The number of aliphatic hydroxyl groups is 1. The van der Waals surface area contributed by atoms with Gasteiger partial charge in [0, 0.05) is 31.2 Å². The van der Waals surface area contributed by atoms with Crippen molar-refractivity contribution in [3.63, 3.8) is 0 Å². The van der Waals surface area contributed by atoms with Crippen molar-refractivity contribution in [2.75, 3.05) is 13.2 Å². The lowest BCUT2D eigenvalue weighted by Crippen LogP contribution is -2.43. The molecule has 2 aliphatic rings. The number of aliphatic hydroxyl groups excluding tert-OH is 1. The lowest BCUT2D eigenvalue weighted by molar-refractivity contribution is 0.0241. The Morgan fingerprint density at radius 2 is 2.05 bits per heavy atom. The molecule has 0 radical (unpaired) electrons. The van der Waals surface area contributed by atoms with Crippen LogP contribution in [0, 0.1) is 11.3 Å². The smallest absolute Gasteiger partial charge is 0.0499 e. The maximum atomic E-state index is 9.98. The van der Waals surface area contributed by atoms with Gasteiger partial charge in [-0.15, -0.1) is 0 Å². The van der Waals surface area contributed by atoms with Gasteiger partial charge in [0.15, 0.2) is 0 Å². The second-order valence-electron chi connectivity index (χ2n) is 7.11. The minimum absolute atomic E-state index is 0.172. The molecule has 20 heavy (non-hydrogen) atoms. The molecule has 1 heterocycles. The average molecular weight is 293 g/mol. The lowest BCUT2D eigenvalue weighted by Gasteiger charge is -2.41. The van der Waals surface area contributed by atoms with Crippen molar-refractivity contribution in [2.45, 2.75) is 58.0 Å². The maximum Gasteiger partial charge on any atom is 0.0499 e. The van der Waals surface area contributed by atoms with E-state index in [1.807, 2.05) is 0 Å². The summed E-state index contributed by atoms with van der Waals surface area (Å²) in [7, 11) is 0. The third-order valence-corrected chi connectivity index (χ3v) is 5.97. The highest BCUT2D eigenvalue weighted by molar-refractivity contribution is 7.07. The summed E-state index contributed by atoms with van der Waals surface area (Å²) in [5.41, 5.74) is 1.62. The van der Waals surface area contributed by atoms with E-state index in [2.05, 4.69) is 28.7 Å². The molecule has 1 N–H and O–H groups in total.